The standard InChI is InChI=1S/C10H14N6O/c1-7(17)15-16-10(12)14-9(11)13-8-5-3-2-4-6-8/h2-6H,1H3,(H,15,17)(H5,11,12,13,14,16). The Balaban J connectivity index is 2.45. The Bertz CT molecular complexity index is 428. The summed E-state index contributed by atoms with van der Waals surface area (Å²) < 4.78 is 0. The molecule has 0 spiro atoms. The zero-order chi connectivity index (χ0) is 12.7. The van der Waals surface area contributed by atoms with Crippen molar-refractivity contribution < 1.29 is 4.79 Å². The molecule has 90 valence electrons. The van der Waals surface area contributed by atoms with Crippen molar-refractivity contribution in [2.24, 2.45) is 10.8 Å². The van der Waals surface area contributed by atoms with Gasteiger partial charge in [0.15, 0.2) is 5.96 Å². The lowest BCUT2D eigenvalue weighted by Crippen LogP contribution is -2.41. The fourth-order valence-electron chi connectivity index (χ4n) is 0.992. The highest BCUT2D eigenvalue weighted by atomic mass is 16.2. The third-order valence-electron chi connectivity index (χ3n) is 1.63. The molecule has 0 aliphatic rings. The second-order valence-electron chi connectivity index (χ2n) is 3.16. The highest BCUT2D eigenvalue weighted by molar-refractivity contribution is 6.03. The molecule has 0 aliphatic carbocycles. The van der Waals surface area contributed by atoms with Gasteiger partial charge in [0.2, 0.25) is 11.9 Å². The van der Waals surface area contributed by atoms with Gasteiger partial charge in [0.25, 0.3) is 0 Å². The second-order valence-corrected chi connectivity index (χ2v) is 3.16. The van der Waals surface area contributed by atoms with Crippen LogP contribution in [0, 0.1) is 5.41 Å². The number of amides is 1. The first kappa shape index (κ1) is 12.5. The van der Waals surface area contributed by atoms with Gasteiger partial charge < -0.3 is 11.1 Å². The number of benzene rings is 1. The molecule has 0 atom stereocenters. The molecule has 0 saturated heterocycles. The van der Waals surface area contributed by atoms with Gasteiger partial charge in [-0.2, -0.15) is 0 Å². The van der Waals surface area contributed by atoms with Gasteiger partial charge in [0, 0.05) is 12.6 Å². The number of para-hydroxylation sites is 1. The molecule has 0 aromatic heterocycles. The number of rotatable bonds is 2. The van der Waals surface area contributed by atoms with Gasteiger partial charge in [-0.3, -0.25) is 15.5 Å². The van der Waals surface area contributed by atoms with Crippen LogP contribution < -0.4 is 21.8 Å². The van der Waals surface area contributed by atoms with E-state index >= 15 is 0 Å². The minimum atomic E-state index is -0.336. The van der Waals surface area contributed by atoms with Crippen molar-refractivity contribution in [3.05, 3.63) is 30.3 Å². The van der Waals surface area contributed by atoms with Crippen LogP contribution in [0.5, 0.6) is 0 Å². The fourth-order valence-corrected chi connectivity index (χ4v) is 0.992. The molecule has 0 aliphatic heterocycles. The van der Waals surface area contributed by atoms with Crippen molar-refractivity contribution in [3.63, 3.8) is 0 Å². The number of carbonyl (C=O) groups is 1. The zero-order valence-electron chi connectivity index (χ0n) is 9.32. The number of hydrazone groups is 1. The number of nitrogens with one attached hydrogen (secondary N) is 4. The Morgan fingerprint density at radius 3 is 2.59 bits per heavy atom. The number of guanidine groups is 2. The summed E-state index contributed by atoms with van der Waals surface area (Å²) in [7, 11) is 0. The molecule has 0 fully saturated rings. The van der Waals surface area contributed by atoms with Gasteiger partial charge in [-0.25, -0.2) is 5.43 Å². The lowest BCUT2D eigenvalue weighted by atomic mass is 10.3. The van der Waals surface area contributed by atoms with Crippen molar-refractivity contribution in [1.29, 1.82) is 5.41 Å². The molecule has 1 aromatic carbocycles. The van der Waals surface area contributed by atoms with Crippen molar-refractivity contribution in [2.75, 3.05) is 5.32 Å². The highest BCUT2D eigenvalue weighted by Gasteiger charge is 1.99. The van der Waals surface area contributed by atoms with Crippen LogP contribution in [0.2, 0.25) is 0 Å². The van der Waals surface area contributed by atoms with E-state index in [9.17, 15) is 4.79 Å². The molecular formula is C10H14N6O. The summed E-state index contributed by atoms with van der Waals surface area (Å²) >= 11 is 0. The van der Waals surface area contributed by atoms with Crippen LogP contribution in [0.15, 0.2) is 35.4 Å². The highest BCUT2D eigenvalue weighted by Crippen LogP contribution is 2.03. The Morgan fingerprint density at radius 2 is 2.00 bits per heavy atom. The maximum absolute atomic E-state index is 10.6. The number of anilines is 1. The predicted octanol–water partition coefficient (Wildman–Crippen LogP) is -0.0113. The second kappa shape index (κ2) is 6.11. The molecule has 17 heavy (non-hydrogen) atoms. The van der Waals surface area contributed by atoms with E-state index in [1.807, 2.05) is 18.2 Å². The average Bonchev–Trinajstić information content (AvgIpc) is 2.27. The summed E-state index contributed by atoms with van der Waals surface area (Å²) in [5, 5.41) is 16.3. The number of nitrogens with zero attached hydrogens (tertiary/aromatic N) is 1. The molecule has 1 rings (SSSR count). The van der Waals surface area contributed by atoms with Crippen LogP contribution in [-0.4, -0.2) is 17.8 Å². The maximum Gasteiger partial charge on any atom is 0.237 e. The van der Waals surface area contributed by atoms with Crippen LogP contribution in [0.4, 0.5) is 5.69 Å². The molecule has 0 unspecified atom stereocenters. The predicted molar refractivity (Wildman–Crippen MR) is 66.4 cm³/mol. The van der Waals surface area contributed by atoms with Gasteiger partial charge in [0.1, 0.15) is 0 Å². The summed E-state index contributed by atoms with van der Waals surface area (Å²) in [6.45, 7) is 1.31. The van der Waals surface area contributed by atoms with Crippen molar-refractivity contribution in [2.45, 2.75) is 6.92 Å². The van der Waals surface area contributed by atoms with Gasteiger partial charge in [-0.15, -0.1) is 5.10 Å². The van der Waals surface area contributed by atoms with Crippen LogP contribution in [0.1, 0.15) is 6.92 Å². The van der Waals surface area contributed by atoms with E-state index in [2.05, 4.69) is 21.2 Å². The molecule has 0 heterocycles. The smallest absolute Gasteiger partial charge is 0.237 e. The lowest BCUT2D eigenvalue weighted by Gasteiger charge is -2.09. The van der Waals surface area contributed by atoms with Gasteiger partial charge in [-0.1, -0.05) is 18.2 Å². The van der Waals surface area contributed by atoms with Gasteiger partial charge in [-0.05, 0) is 12.1 Å². The Hall–Kier alpha value is -2.57. The molecule has 1 amide bonds. The largest absolute Gasteiger partial charge is 0.368 e. The first-order chi connectivity index (χ1) is 8.08. The molecule has 0 radical (unpaired) electrons. The third-order valence-corrected chi connectivity index (χ3v) is 1.63. The van der Waals surface area contributed by atoms with Crippen LogP contribution >= 0.6 is 0 Å². The van der Waals surface area contributed by atoms with E-state index in [0.717, 1.165) is 5.69 Å². The molecular weight excluding hydrogens is 220 g/mol. The average molecular weight is 234 g/mol. The minimum absolute atomic E-state index is 0.0391. The van der Waals surface area contributed by atoms with Crippen molar-refractivity contribution in [1.82, 2.24) is 10.7 Å². The lowest BCUT2D eigenvalue weighted by molar-refractivity contribution is -0.118. The normalized spacial score (nSPS) is 10.5. The first-order valence-electron chi connectivity index (χ1n) is 4.85. The Kier molecular flexibility index (Phi) is 4.49. The van der Waals surface area contributed by atoms with Gasteiger partial charge >= 0.3 is 0 Å². The quantitative estimate of drug-likeness (QED) is 0.281. The van der Waals surface area contributed by atoms with Crippen LogP contribution in [-0.2, 0) is 4.79 Å². The summed E-state index contributed by atoms with van der Waals surface area (Å²) in [6, 6.07) is 9.15. The SMILES string of the molecule is CC(=O)NN=C(N)NC(=N)Nc1ccccc1. The molecule has 6 N–H and O–H groups in total. The number of carbonyl (C=O) groups excluding carboxylic acids is 1. The van der Waals surface area contributed by atoms with E-state index in [0.29, 0.717) is 0 Å². The van der Waals surface area contributed by atoms with Crippen LogP contribution in [0.25, 0.3) is 0 Å². The molecule has 7 heteroatoms. The monoisotopic (exact) mass is 234 g/mol. The van der Waals surface area contributed by atoms with E-state index in [-0.39, 0.29) is 17.8 Å². The summed E-state index contributed by atoms with van der Waals surface area (Å²) in [4.78, 5) is 10.6. The van der Waals surface area contributed by atoms with Crippen molar-refractivity contribution in [3.8, 4) is 0 Å². The maximum atomic E-state index is 10.6. The summed E-state index contributed by atoms with van der Waals surface area (Å²) in [5.74, 6) is -0.450. The topological polar surface area (TPSA) is 115 Å². The molecule has 7 nitrogen and oxygen atoms in total. The summed E-state index contributed by atoms with van der Waals surface area (Å²) in [6.07, 6.45) is 0. The van der Waals surface area contributed by atoms with E-state index in [1.165, 1.54) is 6.92 Å². The van der Waals surface area contributed by atoms with Gasteiger partial charge in [0.05, 0.1) is 0 Å². The summed E-state index contributed by atoms with van der Waals surface area (Å²) in [5.41, 5.74) is 8.32. The zero-order valence-corrected chi connectivity index (χ0v) is 9.32. The van der Waals surface area contributed by atoms with E-state index in [4.69, 9.17) is 11.1 Å². The molecule has 0 saturated carbocycles. The Morgan fingerprint density at radius 1 is 1.35 bits per heavy atom. The Labute approximate surface area is 98.6 Å². The fraction of sp³-hybridized carbons (Fsp3) is 0.100. The molecule has 0 bridgehead atoms. The number of nitrogens with two attached hydrogens (primary N) is 1. The first-order valence-corrected chi connectivity index (χ1v) is 4.85. The number of hydrogen-bond acceptors (Lipinski definition) is 3. The van der Waals surface area contributed by atoms with Crippen LogP contribution in [0.3, 0.4) is 0 Å². The van der Waals surface area contributed by atoms with E-state index in [1.54, 1.807) is 12.1 Å². The van der Waals surface area contributed by atoms with E-state index < -0.39 is 0 Å². The third kappa shape index (κ3) is 5.17. The minimum Gasteiger partial charge on any atom is -0.368 e. The molecule has 1 aromatic rings. The van der Waals surface area contributed by atoms with Crippen molar-refractivity contribution >= 4 is 23.5 Å². The number of hydrogen-bond donors (Lipinski definition) is 5.